The van der Waals surface area contributed by atoms with Crippen LogP contribution < -0.4 is 0 Å². The molecule has 58 valence electrons. The Labute approximate surface area is 61.5 Å². The molecule has 1 N–H and O–H groups in total. The molecule has 10 heavy (non-hydrogen) atoms. The third-order valence-corrected chi connectivity index (χ3v) is 1.80. The van der Waals surface area contributed by atoms with Crippen LogP contribution in [0.15, 0.2) is 12.7 Å². The number of aliphatic hydroxyl groups excluding tert-OH is 1. The van der Waals surface area contributed by atoms with Crippen LogP contribution in [0.5, 0.6) is 0 Å². The van der Waals surface area contributed by atoms with Crippen LogP contribution in [0.3, 0.4) is 0 Å². The Morgan fingerprint density at radius 2 is 2.60 bits per heavy atom. The average Bonchev–Trinajstić information content (AvgIpc) is 2.38. The first kappa shape index (κ1) is 7.76. The van der Waals surface area contributed by atoms with E-state index in [1.807, 2.05) is 0 Å². The standard InChI is InChI=1S/C8H14O2/c1-2-4-7(9)8-5-3-6-10-8/h2,7-9H,1,3-6H2/t7-,8+/m1/s1. The summed E-state index contributed by atoms with van der Waals surface area (Å²) in [5, 5.41) is 9.35. The van der Waals surface area contributed by atoms with E-state index < -0.39 is 0 Å². The Morgan fingerprint density at radius 1 is 1.80 bits per heavy atom. The van der Waals surface area contributed by atoms with Gasteiger partial charge in [0.05, 0.1) is 12.2 Å². The van der Waals surface area contributed by atoms with Crippen LogP contribution in [0, 0.1) is 0 Å². The number of hydrogen-bond acceptors (Lipinski definition) is 2. The van der Waals surface area contributed by atoms with Crippen molar-refractivity contribution in [2.24, 2.45) is 0 Å². The molecular formula is C8H14O2. The van der Waals surface area contributed by atoms with Gasteiger partial charge in [0.15, 0.2) is 0 Å². The summed E-state index contributed by atoms with van der Waals surface area (Å²) < 4.78 is 5.27. The van der Waals surface area contributed by atoms with E-state index in [1.54, 1.807) is 6.08 Å². The minimum atomic E-state index is -0.333. The van der Waals surface area contributed by atoms with Gasteiger partial charge < -0.3 is 9.84 Å². The predicted octanol–water partition coefficient (Wildman–Crippen LogP) is 1.10. The fourth-order valence-corrected chi connectivity index (χ4v) is 1.23. The molecule has 1 heterocycles. The van der Waals surface area contributed by atoms with Gasteiger partial charge in [0, 0.05) is 6.61 Å². The van der Waals surface area contributed by atoms with Gasteiger partial charge in [-0.1, -0.05) is 6.08 Å². The first-order chi connectivity index (χ1) is 4.84. The van der Waals surface area contributed by atoms with Gasteiger partial charge in [-0.05, 0) is 19.3 Å². The molecule has 0 spiro atoms. The molecule has 1 aliphatic rings. The van der Waals surface area contributed by atoms with Crippen LogP contribution >= 0.6 is 0 Å². The molecule has 0 aromatic carbocycles. The lowest BCUT2D eigenvalue weighted by atomic mass is 10.1. The van der Waals surface area contributed by atoms with Gasteiger partial charge in [-0.15, -0.1) is 6.58 Å². The second-order valence-electron chi connectivity index (χ2n) is 2.64. The molecular weight excluding hydrogens is 128 g/mol. The van der Waals surface area contributed by atoms with Crippen LogP contribution in [0.4, 0.5) is 0 Å². The molecule has 2 nitrogen and oxygen atoms in total. The molecule has 0 aromatic rings. The smallest absolute Gasteiger partial charge is 0.0837 e. The highest BCUT2D eigenvalue weighted by Gasteiger charge is 2.22. The van der Waals surface area contributed by atoms with Crippen molar-refractivity contribution in [3.8, 4) is 0 Å². The van der Waals surface area contributed by atoms with Gasteiger partial charge >= 0.3 is 0 Å². The predicted molar refractivity (Wildman–Crippen MR) is 39.8 cm³/mol. The lowest BCUT2D eigenvalue weighted by molar-refractivity contribution is 0.000581. The molecule has 0 unspecified atom stereocenters. The second kappa shape index (κ2) is 3.74. The summed E-state index contributed by atoms with van der Waals surface area (Å²) in [5.74, 6) is 0. The minimum absolute atomic E-state index is 0.0676. The quantitative estimate of drug-likeness (QED) is 0.598. The number of rotatable bonds is 3. The first-order valence-electron chi connectivity index (χ1n) is 3.75. The normalized spacial score (nSPS) is 28.3. The van der Waals surface area contributed by atoms with Crippen molar-refractivity contribution < 1.29 is 9.84 Å². The lowest BCUT2D eigenvalue weighted by Gasteiger charge is -2.14. The number of ether oxygens (including phenoxy) is 1. The molecule has 0 saturated carbocycles. The molecule has 0 amide bonds. The van der Waals surface area contributed by atoms with Crippen molar-refractivity contribution in [2.45, 2.75) is 31.5 Å². The van der Waals surface area contributed by atoms with E-state index >= 15 is 0 Å². The summed E-state index contributed by atoms with van der Waals surface area (Å²) in [6.45, 7) is 4.36. The monoisotopic (exact) mass is 142 g/mol. The van der Waals surface area contributed by atoms with Gasteiger partial charge in [-0.2, -0.15) is 0 Å². The Morgan fingerprint density at radius 3 is 3.10 bits per heavy atom. The highest BCUT2D eigenvalue weighted by atomic mass is 16.5. The second-order valence-corrected chi connectivity index (χ2v) is 2.64. The van der Waals surface area contributed by atoms with E-state index in [0.29, 0.717) is 6.42 Å². The molecule has 1 rings (SSSR count). The Kier molecular flexibility index (Phi) is 2.90. The summed E-state index contributed by atoms with van der Waals surface area (Å²) in [6.07, 6.45) is 4.18. The van der Waals surface area contributed by atoms with E-state index in [2.05, 4.69) is 6.58 Å². The number of hydrogen-bond donors (Lipinski definition) is 1. The Balaban J connectivity index is 2.24. The minimum Gasteiger partial charge on any atom is -0.390 e. The van der Waals surface area contributed by atoms with Gasteiger partial charge in [-0.25, -0.2) is 0 Å². The van der Waals surface area contributed by atoms with Crippen LogP contribution in [0.25, 0.3) is 0 Å². The summed E-state index contributed by atoms with van der Waals surface area (Å²) in [4.78, 5) is 0. The molecule has 0 aromatic heterocycles. The maximum atomic E-state index is 9.35. The van der Waals surface area contributed by atoms with Crippen molar-refractivity contribution in [1.82, 2.24) is 0 Å². The lowest BCUT2D eigenvalue weighted by Crippen LogP contribution is -2.24. The molecule has 1 saturated heterocycles. The van der Waals surface area contributed by atoms with Crippen LogP contribution in [0.2, 0.25) is 0 Å². The SMILES string of the molecule is C=CC[C@@H](O)[C@@H]1CCCO1. The van der Waals surface area contributed by atoms with Crippen molar-refractivity contribution >= 4 is 0 Å². The van der Waals surface area contributed by atoms with E-state index in [9.17, 15) is 5.11 Å². The third kappa shape index (κ3) is 1.82. The van der Waals surface area contributed by atoms with Gasteiger partial charge in [0.25, 0.3) is 0 Å². The topological polar surface area (TPSA) is 29.5 Å². The summed E-state index contributed by atoms with van der Waals surface area (Å²) in [7, 11) is 0. The maximum absolute atomic E-state index is 9.35. The zero-order valence-electron chi connectivity index (χ0n) is 6.12. The molecule has 1 fully saturated rings. The molecule has 0 aliphatic carbocycles. The highest BCUT2D eigenvalue weighted by Crippen LogP contribution is 2.17. The van der Waals surface area contributed by atoms with Gasteiger partial charge in [0.1, 0.15) is 0 Å². The largest absolute Gasteiger partial charge is 0.390 e. The summed E-state index contributed by atoms with van der Waals surface area (Å²) in [5.41, 5.74) is 0. The molecule has 0 radical (unpaired) electrons. The molecule has 2 heteroatoms. The highest BCUT2D eigenvalue weighted by molar-refractivity contribution is 4.80. The van der Waals surface area contributed by atoms with E-state index in [4.69, 9.17) is 4.74 Å². The van der Waals surface area contributed by atoms with Crippen LogP contribution in [0.1, 0.15) is 19.3 Å². The first-order valence-corrected chi connectivity index (χ1v) is 3.75. The molecule has 0 bridgehead atoms. The van der Waals surface area contributed by atoms with Gasteiger partial charge in [0.2, 0.25) is 0 Å². The maximum Gasteiger partial charge on any atom is 0.0837 e. The van der Waals surface area contributed by atoms with Crippen LogP contribution in [-0.4, -0.2) is 23.9 Å². The van der Waals surface area contributed by atoms with E-state index in [0.717, 1.165) is 19.4 Å². The van der Waals surface area contributed by atoms with Crippen molar-refractivity contribution in [3.63, 3.8) is 0 Å². The average molecular weight is 142 g/mol. The molecule has 2 atom stereocenters. The van der Waals surface area contributed by atoms with Crippen molar-refractivity contribution in [3.05, 3.63) is 12.7 Å². The Hall–Kier alpha value is -0.340. The summed E-state index contributed by atoms with van der Waals surface area (Å²) in [6, 6.07) is 0. The Bertz CT molecular complexity index is 106. The van der Waals surface area contributed by atoms with E-state index in [1.165, 1.54) is 0 Å². The van der Waals surface area contributed by atoms with Crippen molar-refractivity contribution in [2.75, 3.05) is 6.61 Å². The van der Waals surface area contributed by atoms with E-state index in [-0.39, 0.29) is 12.2 Å². The van der Waals surface area contributed by atoms with Crippen LogP contribution in [-0.2, 0) is 4.74 Å². The number of aliphatic hydroxyl groups is 1. The zero-order chi connectivity index (χ0) is 7.40. The zero-order valence-corrected chi connectivity index (χ0v) is 6.12. The third-order valence-electron chi connectivity index (χ3n) is 1.80. The summed E-state index contributed by atoms with van der Waals surface area (Å²) >= 11 is 0. The van der Waals surface area contributed by atoms with Gasteiger partial charge in [-0.3, -0.25) is 0 Å². The molecule has 1 aliphatic heterocycles. The fourth-order valence-electron chi connectivity index (χ4n) is 1.23. The fraction of sp³-hybridized carbons (Fsp3) is 0.750. The van der Waals surface area contributed by atoms with Crippen molar-refractivity contribution in [1.29, 1.82) is 0 Å².